The van der Waals surface area contributed by atoms with Gasteiger partial charge < -0.3 is 14.5 Å². The topological polar surface area (TPSA) is 81.4 Å². The zero-order chi connectivity index (χ0) is 28.7. The fourth-order valence-corrected chi connectivity index (χ4v) is 4.62. The Morgan fingerprint density at radius 2 is 1.69 bits per heavy atom. The van der Waals surface area contributed by atoms with Crippen molar-refractivity contribution in [3.05, 3.63) is 137 Å². The first-order valence-electron chi connectivity index (χ1n) is 13.3. The number of hydrogen-bond acceptors (Lipinski definition) is 7. The Labute approximate surface area is 246 Å². The van der Waals surface area contributed by atoms with E-state index in [0.717, 1.165) is 39.2 Å². The maximum absolute atomic E-state index is 13.5. The van der Waals surface area contributed by atoms with E-state index < -0.39 is 0 Å². The SMILES string of the molecule is Fc1cccc(COc2ccc(Nc3ncnc4ccc(-c5ccc(CNOCc6ccccc6)o5)cc34)cc2Cl)c1. The molecule has 0 atom stereocenters. The van der Waals surface area contributed by atoms with E-state index >= 15 is 0 Å². The van der Waals surface area contributed by atoms with Gasteiger partial charge in [-0.05, 0) is 71.8 Å². The van der Waals surface area contributed by atoms with E-state index in [1.54, 1.807) is 24.3 Å². The third kappa shape index (κ3) is 6.75. The van der Waals surface area contributed by atoms with Crippen molar-refractivity contribution < 1.29 is 18.4 Å². The average Bonchev–Trinajstić information content (AvgIpc) is 3.49. The van der Waals surface area contributed by atoms with Gasteiger partial charge in [0.2, 0.25) is 0 Å². The zero-order valence-corrected chi connectivity index (χ0v) is 23.1. The number of fused-ring (bicyclic) bond motifs is 1. The predicted molar refractivity (Wildman–Crippen MR) is 161 cm³/mol. The van der Waals surface area contributed by atoms with Gasteiger partial charge in [0.05, 0.1) is 23.7 Å². The minimum absolute atomic E-state index is 0.203. The van der Waals surface area contributed by atoms with Crippen LogP contribution in [0.15, 0.2) is 114 Å². The fourth-order valence-electron chi connectivity index (χ4n) is 4.39. The molecule has 2 heterocycles. The van der Waals surface area contributed by atoms with Crippen molar-refractivity contribution in [1.82, 2.24) is 15.4 Å². The number of anilines is 2. The van der Waals surface area contributed by atoms with Crippen LogP contribution >= 0.6 is 11.6 Å². The quantitative estimate of drug-likeness (QED) is 0.118. The molecule has 0 aliphatic heterocycles. The maximum Gasteiger partial charge on any atom is 0.141 e. The molecule has 0 aliphatic rings. The maximum atomic E-state index is 13.5. The van der Waals surface area contributed by atoms with E-state index in [1.807, 2.05) is 66.7 Å². The van der Waals surface area contributed by atoms with Crippen molar-refractivity contribution in [2.45, 2.75) is 19.8 Å². The van der Waals surface area contributed by atoms with E-state index in [1.165, 1.54) is 18.5 Å². The number of hydrogen-bond donors (Lipinski definition) is 2. The molecular formula is C33H26ClFN4O3. The molecule has 7 nitrogen and oxygen atoms in total. The minimum Gasteiger partial charge on any atom is -0.487 e. The third-order valence-corrected chi connectivity index (χ3v) is 6.78. The molecule has 0 spiro atoms. The smallest absolute Gasteiger partial charge is 0.141 e. The van der Waals surface area contributed by atoms with Crippen LogP contribution in [-0.4, -0.2) is 9.97 Å². The molecule has 210 valence electrons. The van der Waals surface area contributed by atoms with Gasteiger partial charge in [-0.15, -0.1) is 0 Å². The van der Waals surface area contributed by atoms with Gasteiger partial charge >= 0.3 is 0 Å². The van der Waals surface area contributed by atoms with Crippen molar-refractivity contribution in [2.75, 3.05) is 5.32 Å². The van der Waals surface area contributed by atoms with E-state index in [-0.39, 0.29) is 12.4 Å². The van der Waals surface area contributed by atoms with Gasteiger partial charge in [0.15, 0.2) is 0 Å². The molecule has 0 bridgehead atoms. The molecule has 0 radical (unpaired) electrons. The van der Waals surface area contributed by atoms with Crippen LogP contribution in [0.1, 0.15) is 16.9 Å². The van der Waals surface area contributed by atoms with Crippen LogP contribution in [0.2, 0.25) is 5.02 Å². The van der Waals surface area contributed by atoms with Crippen LogP contribution in [0, 0.1) is 5.82 Å². The predicted octanol–water partition coefficient (Wildman–Crippen LogP) is 8.23. The Morgan fingerprint density at radius 3 is 2.55 bits per heavy atom. The molecule has 6 aromatic rings. The highest BCUT2D eigenvalue weighted by Gasteiger charge is 2.11. The molecule has 2 N–H and O–H groups in total. The summed E-state index contributed by atoms with van der Waals surface area (Å²) in [6.07, 6.45) is 1.51. The minimum atomic E-state index is -0.310. The molecule has 2 aromatic heterocycles. The van der Waals surface area contributed by atoms with Crippen LogP contribution < -0.4 is 15.5 Å². The van der Waals surface area contributed by atoms with Crippen LogP contribution in [0.4, 0.5) is 15.9 Å². The standard InChI is InChI=1S/C33H26ClFN4O3/c34-29-17-26(10-13-32(29)40-19-23-7-4-8-25(35)15-23)39-33-28-16-24(9-12-30(28)36-21-37-33)31-14-11-27(42-31)18-38-41-20-22-5-2-1-3-6-22/h1-17,21,38H,18-20H2,(H,36,37,39). The Bertz CT molecular complexity index is 1810. The number of rotatable bonds is 11. The van der Waals surface area contributed by atoms with Crippen molar-refractivity contribution in [3.63, 3.8) is 0 Å². The number of nitrogens with zero attached hydrogens (tertiary/aromatic N) is 2. The van der Waals surface area contributed by atoms with Crippen molar-refractivity contribution in [2.24, 2.45) is 0 Å². The summed E-state index contributed by atoms with van der Waals surface area (Å²) in [5.74, 6) is 2.27. The van der Waals surface area contributed by atoms with Gasteiger partial charge in [0.1, 0.15) is 41.8 Å². The summed E-state index contributed by atoms with van der Waals surface area (Å²) < 4.78 is 25.3. The second kappa shape index (κ2) is 12.8. The van der Waals surface area contributed by atoms with Crippen LogP contribution in [0.3, 0.4) is 0 Å². The van der Waals surface area contributed by atoms with Gasteiger partial charge in [0, 0.05) is 16.6 Å². The summed E-state index contributed by atoms with van der Waals surface area (Å²) in [5.41, 5.74) is 7.14. The number of aromatic nitrogens is 2. The molecule has 0 unspecified atom stereocenters. The Morgan fingerprint density at radius 1 is 0.810 bits per heavy atom. The number of hydroxylamine groups is 1. The second-order valence-electron chi connectivity index (χ2n) is 9.50. The second-order valence-corrected chi connectivity index (χ2v) is 9.91. The first kappa shape index (κ1) is 27.4. The highest BCUT2D eigenvalue weighted by atomic mass is 35.5. The van der Waals surface area contributed by atoms with E-state index in [9.17, 15) is 4.39 Å². The molecular weight excluding hydrogens is 555 g/mol. The first-order chi connectivity index (χ1) is 20.6. The molecule has 0 saturated heterocycles. The normalized spacial score (nSPS) is 11.1. The summed E-state index contributed by atoms with van der Waals surface area (Å²) in [6.45, 7) is 1.10. The number of benzene rings is 4. The number of ether oxygens (including phenoxy) is 1. The lowest BCUT2D eigenvalue weighted by Crippen LogP contribution is -2.13. The molecule has 0 aliphatic carbocycles. The van der Waals surface area contributed by atoms with Gasteiger partial charge in [-0.1, -0.05) is 54.1 Å². The summed E-state index contributed by atoms with van der Waals surface area (Å²) in [4.78, 5) is 14.4. The molecule has 0 fully saturated rings. The Hall–Kier alpha value is -4.76. The van der Waals surface area contributed by atoms with E-state index in [0.29, 0.717) is 35.3 Å². The number of furan rings is 1. The molecule has 6 rings (SSSR count). The molecule has 4 aromatic carbocycles. The summed E-state index contributed by atoms with van der Waals surface area (Å²) in [5, 5.41) is 4.57. The third-order valence-electron chi connectivity index (χ3n) is 6.49. The summed E-state index contributed by atoms with van der Waals surface area (Å²) in [6, 6.07) is 31.3. The Kier molecular flexibility index (Phi) is 8.37. The fraction of sp³-hybridized carbons (Fsp3) is 0.0909. The van der Waals surface area contributed by atoms with Gasteiger partial charge in [0.25, 0.3) is 0 Å². The number of nitrogens with one attached hydrogen (secondary N) is 2. The van der Waals surface area contributed by atoms with Gasteiger partial charge in [-0.2, -0.15) is 5.48 Å². The lowest BCUT2D eigenvalue weighted by molar-refractivity contribution is 0.0203. The largest absolute Gasteiger partial charge is 0.487 e. The zero-order valence-electron chi connectivity index (χ0n) is 22.4. The molecule has 42 heavy (non-hydrogen) atoms. The van der Waals surface area contributed by atoms with E-state index in [4.69, 9.17) is 25.6 Å². The summed E-state index contributed by atoms with van der Waals surface area (Å²) in [7, 11) is 0. The van der Waals surface area contributed by atoms with Crippen molar-refractivity contribution >= 4 is 34.0 Å². The van der Waals surface area contributed by atoms with Crippen LogP contribution in [0.25, 0.3) is 22.2 Å². The highest BCUT2D eigenvalue weighted by molar-refractivity contribution is 6.32. The number of halogens is 2. The van der Waals surface area contributed by atoms with Crippen LogP contribution in [-0.2, 0) is 24.6 Å². The lowest BCUT2D eigenvalue weighted by atomic mass is 10.1. The van der Waals surface area contributed by atoms with Gasteiger partial charge in [-0.25, -0.2) is 14.4 Å². The summed E-state index contributed by atoms with van der Waals surface area (Å²) >= 11 is 6.50. The first-order valence-corrected chi connectivity index (χ1v) is 13.6. The van der Waals surface area contributed by atoms with Crippen molar-refractivity contribution in [1.29, 1.82) is 0 Å². The van der Waals surface area contributed by atoms with Crippen molar-refractivity contribution in [3.8, 4) is 17.1 Å². The Balaban J connectivity index is 1.12. The van der Waals surface area contributed by atoms with E-state index in [2.05, 4.69) is 20.8 Å². The van der Waals surface area contributed by atoms with Gasteiger partial charge in [-0.3, -0.25) is 4.84 Å². The lowest BCUT2D eigenvalue weighted by Gasteiger charge is -2.12. The molecule has 9 heteroatoms. The highest BCUT2D eigenvalue weighted by Crippen LogP contribution is 2.33. The molecule has 0 saturated carbocycles. The van der Waals surface area contributed by atoms with Crippen LogP contribution in [0.5, 0.6) is 5.75 Å². The average molecular weight is 581 g/mol. The monoisotopic (exact) mass is 580 g/mol. The molecule has 0 amide bonds.